The second-order valence-corrected chi connectivity index (χ2v) is 6.65. The topological polar surface area (TPSA) is 49.3 Å². The van der Waals surface area contributed by atoms with Crippen molar-refractivity contribution in [2.75, 3.05) is 5.32 Å². The maximum absolute atomic E-state index is 11.9. The zero-order valence-electron chi connectivity index (χ0n) is 11.7. The molecule has 0 aliphatic carbocycles. The Kier molecular flexibility index (Phi) is 2.78. The zero-order valence-corrected chi connectivity index (χ0v) is 11.7. The molecule has 0 saturated carbocycles. The Bertz CT molecular complexity index is 498. The molecule has 18 heavy (non-hydrogen) atoms. The van der Waals surface area contributed by atoms with E-state index in [0.29, 0.717) is 0 Å². The van der Waals surface area contributed by atoms with Gasteiger partial charge in [0.25, 0.3) is 0 Å². The van der Waals surface area contributed by atoms with Crippen LogP contribution in [0.4, 0.5) is 5.69 Å². The fraction of sp³-hybridized carbons (Fsp3) is 0.533. The van der Waals surface area contributed by atoms with E-state index in [-0.39, 0.29) is 11.3 Å². The van der Waals surface area contributed by atoms with Gasteiger partial charge >= 0.3 is 0 Å². The summed E-state index contributed by atoms with van der Waals surface area (Å²) in [4.78, 5) is 11.9. The number of benzene rings is 1. The number of carbonyl (C=O) groups excluding carboxylic acids is 1. The van der Waals surface area contributed by atoms with Crippen molar-refractivity contribution in [3.63, 3.8) is 0 Å². The third-order valence-electron chi connectivity index (χ3n) is 3.67. The molecule has 1 aliphatic rings. The predicted molar refractivity (Wildman–Crippen MR) is 72.5 cm³/mol. The molecule has 0 fully saturated rings. The number of fused-ring (bicyclic) bond motifs is 1. The summed E-state index contributed by atoms with van der Waals surface area (Å²) in [6.07, 6.45) is -0.533. The number of aliphatic hydroxyl groups is 1. The van der Waals surface area contributed by atoms with Crippen molar-refractivity contribution in [3.05, 3.63) is 29.3 Å². The van der Waals surface area contributed by atoms with Crippen molar-refractivity contribution in [1.29, 1.82) is 0 Å². The minimum absolute atomic E-state index is 0.0138. The maximum Gasteiger partial charge on any atom is 0.234 e. The molecule has 1 heterocycles. The van der Waals surface area contributed by atoms with Crippen LogP contribution in [-0.2, 0) is 10.2 Å². The molecule has 98 valence electrons. The van der Waals surface area contributed by atoms with Crippen molar-refractivity contribution in [1.82, 2.24) is 0 Å². The lowest BCUT2D eigenvalue weighted by Gasteiger charge is -2.27. The lowest BCUT2D eigenvalue weighted by atomic mass is 9.81. The van der Waals surface area contributed by atoms with Crippen LogP contribution in [0.25, 0.3) is 0 Å². The molecule has 1 aromatic rings. The first-order valence-corrected chi connectivity index (χ1v) is 6.28. The van der Waals surface area contributed by atoms with E-state index in [1.807, 2.05) is 52.8 Å². The highest BCUT2D eigenvalue weighted by Crippen LogP contribution is 2.41. The Labute approximate surface area is 108 Å². The van der Waals surface area contributed by atoms with Crippen molar-refractivity contribution in [2.24, 2.45) is 5.41 Å². The van der Waals surface area contributed by atoms with Crippen LogP contribution in [0.3, 0.4) is 0 Å². The number of hydrogen-bond donors (Lipinski definition) is 2. The van der Waals surface area contributed by atoms with Gasteiger partial charge in [-0.25, -0.2) is 0 Å². The van der Waals surface area contributed by atoms with Gasteiger partial charge in [-0.1, -0.05) is 32.9 Å². The van der Waals surface area contributed by atoms with Crippen LogP contribution in [0.5, 0.6) is 0 Å². The summed E-state index contributed by atoms with van der Waals surface area (Å²) in [5.41, 5.74) is 1.95. The number of carbonyl (C=O) groups is 1. The van der Waals surface area contributed by atoms with Gasteiger partial charge in [0.05, 0.1) is 11.5 Å². The summed E-state index contributed by atoms with van der Waals surface area (Å²) in [5.74, 6) is 0.0138. The minimum atomic E-state index is -0.533. The van der Waals surface area contributed by atoms with Gasteiger partial charge in [0.1, 0.15) is 0 Å². The summed E-state index contributed by atoms with van der Waals surface area (Å²) in [5, 5.41) is 13.2. The molecule has 0 spiro atoms. The lowest BCUT2D eigenvalue weighted by molar-refractivity contribution is -0.119. The van der Waals surface area contributed by atoms with Gasteiger partial charge in [0.15, 0.2) is 0 Å². The molecule has 2 N–H and O–H groups in total. The van der Waals surface area contributed by atoms with Crippen LogP contribution in [0.15, 0.2) is 18.2 Å². The third kappa shape index (κ3) is 1.93. The Morgan fingerprint density at radius 1 is 1.28 bits per heavy atom. The Hall–Kier alpha value is -1.35. The summed E-state index contributed by atoms with van der Waals surface area (Å²) >= 11 is 0. The molecule has 1 unspecified atom stereocenters. The average Bonchev–Trinajstić information content (AvgIpc) is 2.48. The molecule has 3 nitrogen and oxygen atoms in total. The Morgan fingerprint density at radius 2 is 1.89 bits per heavy atom. The molecular weight excluding hydrogens is 226 g/mol. The van der Waals surface area contributed by atoms with E-state index < -0.39 is 11.5 Å². The molecule has 1 atom stereocenters. The van der Waals surface area contributed by atoms with Crippen LogP contribution in [0, 0.1) is 5.41 Å². The predicted octanol–water partition coefficient (Wildman–Crippen LogP) is 3.00. The normalized spacial score (nSPS) is 19.3. The van der Waals surface area contributed by atoms with Crippen LogP contribution in [-0.4, -0.2) is 11.0 Å². The number of amides is 1. The molecule has 1 aliphatic heterocycles. The quantitative estimate of drug-likeness (QED) is 0.801. The third-order valence-corrected chi connectivity index (χ3v) is 3.67. The maximum atomic E-state index is 11.9. The van der Waals surface area contributed by atoms with E-state index in [4.69, 9.17) is 0 Å². The van der Waals surface area contributed by atoms with Gasteiger partial charge in [0.2, 0.25) is 5.91 Å². The summed E-state index contributed by atoms with van der Waals surface area (Å²) in [6.45, 7) is 9.81. The second-order valence-electron chi connectivity index (χ2n) is 6.65. The Balaban J connectivity index is 2.47. The highest BCUT2D eigenvalue weighted by molar-refractivity contribution is 6.05. The van der Waals surface area contributed by atoms with Crippen LogP contribution < -0.4 is 5.32 Å². The van der Waals surface area contributed by atoms with Gasteiger partial charge in [0, 0.05) is 5.69 Å². The largest absolute Gasteiger partial charge is 0.388 e. The number of nitrogens with one attached hydrogen (secondary N) is 1. The molecule has 1 aromatic carbocycles. The SMILES string of the molecule is CC1(C)C(=O)Nc2ccc(C(O)C(C)(C)C)cc21. The van der Waals surface area contributed by atoms with E-state index in [1.165, 1.54) is 0 Å². The van der Waals surface area contributed by atoms with Crippen molar-refractivity contribution < 1.29 is 9.90 Å². The molecule has 1 amide bonds. The smallest absolute Gasteiger partial charge is 0.234 e. The van der Waals surface area contributed by atoms with Gasteiger partial charge in [-0.3, -0.25) is 4.79 Å². The van der Waals surface area contributed by atoms with E-state index in [1.54, 1.807) is 0 Å². The van der Waals surface area contributed by atoms with Gasteiger partial charge in [-0.2, -0.15) is 0 Å². The fourth-order valence-electron chi connectivity index (χ4n) is 2.26. The van der Waals surface area contributed by atoms with Gasteiger partial charge in [-0.05, 0) is 36.5 Å². The van der Waals surface area contributed by atoms with Crippen LogP contribution in [0.1, 0.15) is 51.8 Å². The van der Waals surface area contributed by atoms with Crippen LogP contribution in [0.2, 0.25) is 0 Å². The first-order chi connectivity index (χ1) is 8.14. The van der Waals surface area contributed by atoms with Crippen molar-refractivity contribution in [3.8, 4) is 0 Å². The van der Waals surface area contributed by atoms with E-state index in [2.05, 4.69) is 5.32 Å². The molecule has 0 radical (unpaired) electrons. The first kappa shape index (κ1) is 13.1. The monoisotopic (exact) mass is 247 g/mol. The Morgan fingerprint density at radius 3 is 2.44 bits per heavy atom. The van der Waals surface area contributed by atoms with E-state index in [9.17, 15) is 9.90 Å². The van der Waals surface area contributed by atoms with Crippen LogP contribution >= 0.6 is 0 Å². The van der Waals surface area contributed by atoms with E-state index >= 15 is 0 Å². The number of hydrogen-bond acceptors (Lipinski definition) is 2. The summed E-state index contributed by atoms with van der Waals surface area (Å²) in [6, 6.07) is 5.71. The van der Waals surface area contributed by atoms with E-state index in [0.717, 1.165) is 16.8 Å². The second kappa shape index (κ2) is 3.82. The molecule has 3 heteroatoms. The first-order valence-electron chi connectivity index (χ1n) is 6.28. The number of rotatable bonds is 1. The molecule has 0 saturated heterocycles. The fourth-order valence-corrected chi connectivity index (χ4v) is 2.26. The average molecular weight is 247 g/mol. The molecule has 0 bridgehead atoms. The zero-order chi connectivity index (χ0) is 13.7. The van der Waals surface area contributed by atoms with Gasteiger partial charge < -0.3 is 10.4 Å². The molecule has 0 aromatic heterocycles. The molecular formula is C15H21NO2. The minimum Gasteiger partial charge on any atom is -0.388 e. The summed E-state index contributed by atoms with van der Waals surface area (Å²) < 4.78 is 0. The van der Waals surface area contributed by atoms with Gasteiger partial charge in [-0.15, -0.1) is 0 Å². The molecule has 2 rings (SSSR count). The lowest BCUT2D eigenvalue weighted by Crippen LogP contribution is -2.27. The van der Waals surface area contributed by atoms with Crippen molar-refractivity contribution >= 4 is 11.6 Å². The highest BCUT2D eigenvalue weighted by Gasteiger charge is 2.39. The number of aliphatic hydroxyl groups excluding tert-OH is 1. The summed E-state index contributed by atoms with van der Waals surface area (Å²) in [7, 11) is 0. The number of anilines is 1. The standard InChI is InChI=1S/C15H21NO2/c1-14(2,3)12(17)9-6-7-11-10(8-9)15(4,5)13(18)16-11/h6-8,12,17H,1-5H3,(H,16,18). The van der Waals surface area contributed by atoms with Crippen molar-refractivity contribution in [2.45, 2.75) is 46.1 Å². The highest BCUT2D eigenvalue weighted by atomic mass is 16.3.